The Bertz CT molecular complexity index is 1000. The van der Waals surface area contributed by atoms with E-state index in [1.807, 2.05) is 0 Å². The Kier molecular flexibility index (Phi) is 6.83. The molecule has 2 aromatic carbocycles. The molecule has 0 aliphatic heterocycles. The first-order valence-electron chi connectivity index (χ1n) is 8.54. The van der Waals surface area contributed by atoms with Crippen molar-refractivity contribution in [2.75, 3.05) is 0 Å². The highest BCUT2D eigenvalue weighted by molar-refractivity contribution is 7.86. The van der Waals surface area contributed by atoms with E-state index in [-0.39, 0.29) is 10.6 Å². The van der Waals surface area contributed by atoms with Crippen LogP contribution in [-0.2, 0) is 24.0 Å². The van der Waals surface area contributed by atoms with Crippen molar-refractivity contribution in [2.24, 2.45) is 10.4 Å². The molecule has 2 aromatic rings. The van der Waals surface area contributed by atoms with Crippen LogP contribution in [0.1, 0.15) is 31.9 Å². The number of hydrogen-bond acceptors (Lipinski definition) is 8. The number of rotatable bonds is 8. The van der Waals surface area contributed by atoms with Crippen LogP contribution >= 0.6 is 0 Å². The first-order chi connectivity index (χ1) is 13.6. The molecular formula is C19H21N3O6S. The maximum Gasteiger partial charge on any atom is 0.331 e. The van der Waals surface area contributed by atoms with E-state index in [1.165, 1.54) is 26.0 Å². The fourth-order valence-corrected chi connectivity index (χ4v) is 3.32. The average molecular weight is 419 g/mol. The Morgan fingerprint density at radius 3 is 2.14 bits per heavy atom. The van der Waals surface area contributed by atoms with Crippen molar-refractivity contribution in [2.45, 2.75) is 38.1 Å². The summed E-state index contributed by atoms with van der Waals surface area (Å²) in [7, 11) is -4.35. The molecule has 0 atom stereocenters. The number of carbonyl (C=O) groups excluding carboxylic acids is 1. The standard InChI is InChI=1S/C19H21N3O6S/c1-14-10-12-17(13-11-14)29(25,26)28-22(21-24)19(3,4)18(20-27-15(2)23)16-8-6-5-7-9-16/h5-13H,1-4H3/b20-18+. The Morgan fingerprint density at radius 2 is 1.62 bits per heavy atom. The van der Waals surface area contributed by atoms with Crippen molar-refractivity contribution in [1.82, 2.24) is 5.17 Å². The predicted octanol–water partition coefficient (Wildman–Crippen LogP) is 3.34. The predicted molar refractivity (Wildman–Crippen MR) is 106 cm³/mol. The second-order valence-electron chi connectivity index (χ2n) is 6.64. The van der Waals surface area contributed by atoms with Gasteiger partial charge in [0.2, 0.25) is 0 Å². The van der Waals surface area contributed by atoms with E-state index in [2.05, 4.69) is 10.4 Å². The second kappa shape index (κ2) is 8.93. The molecule has 0 fully saturated rings. The quantitative estimate of drug-likeness (QED) is 0.279. The van der Waals surface area contributed by atoms with Crippen LogP contribution in [0.4, 0.5) is 0 Å². The van der Waals surface area contributed by atoms with E-state index >= 15 is 0 Å². The average Bonchev–Trinajstić information content (AvgIpc) is 2.67. The summed E-state index contributed by atoms with van der Waals surface area (Å²) in [5.74, 6) is -0.687. The topological polar surface area (TPSA) is 115 Å². The Labute approximate surface area is 168 Å². The number of hydroxylamine groups is 1. The highest BCUT2D eigenvalue weighted by Crippen LogP contribution is 2.26. The number of hydrogen-bond donors (Lipinski definition) is 0. The van der Waals surface area contributed by atoms with Gasteiger partial charge >= 0.3 is 16.1 Å². The summed E-state index contributed by atoms with van der Waals surface area (Å²) in [6.45, 7) is 5.87. The normalized spacial score (nSPS) is 12.3. The van der Waals surface area contributed by atoms with Gasteiger partial charge in [-0.2, -0.15) is 8.42 Å². The third-order valence-electron chi connectivity index (χ3n) is 3.92. The molecule has 0 bridgehead atoms. The lowest BCUT2D eigenvalue weighted by atomic mass is 9.93. The lowest BCUT2D eigenvalue weighted by molar-refractivity contribution is -0.141. The minimum Gasteiger partial charge on any atom is -0.318 e. The Hall–Kier alpha value is -3.11. The first kappa shape index (κ1) is 22.2. The van der Waals surface area contributed by atoms with Crippen molar-refractivity contribution in [1.29, 1.82) is 0 Å². The fraction of sp³-hybridized carbons (Fsp3) is 0.263. The highest BCUT2D eigenvalue weighted by atomic mass is 32.2. The molecule has 29 heavy (non-hydrogen) atoms. The van der Waals surface area contributed by atoms with Crippen molar-refractivity contribution in [3.05, 3.63) is 70.6 Å². The molecule has 0 saturated carbocycles. The molecule has 0 spiro atoms. The minimum absolute atomic E-state index is 0.0620. The summed E-state index contributed by atoms with van der Waals surface area (Å²) in [6.07, 6.45) is 0. The van der Waals surface area contributed by atoms with Gasteiger partial charge in [0.25, 0.3) is 0 Å². The van der Waals surface area contributed by atoms with Crippen LogP contribution in [0.25, 0.3) is 0 Å². The van der Waals surface area contributed by atoms with Gasteiger partial charge in [0, 0.05) is 12.5 Å². The molecule has 0 N–H and O–H groups in total. The van der Waals surface area contributed by atoms with E-state index in [9.17, 15) is 18.1 Å². The van der Waals surface area contributed by atoms with Gasteiger partial charge in [0.1, 0.15) is 11.3 Å². The van der Waals surface area contributed by atoms with Crippen LogP contribution in [0, 0.1) is 11.8 Å². The summed E-state index contributed by atoms with van der Waals surface area (Å²) < 4.78 is 30.2. The molecule has 0 aliphatic rings. The van der Waals surface area contributed by atoms with E-state index in [0.29, 0.717) is 10.7 Å². The number of benzene rings is 2. The maximum absolute atomic E-state index is 12.6. The maximum atomic E-state index is 12.6. The largest absolute Gasteiger partial charge is 0.331 e. The molecule has 0 unspecified atom stereocenters. The lowest BCUT2D eigenvalue weighted by Gasteiger charge is -2.32. The number of carbonyl (C=O) groups is 1. The molecule has 0 amide bonds. The van der Waals surface area contributed by atoms with Gasteiger partial charge in [-0.3, -0.25) is 0 Å². The molecule has 154 valence electrons. The van der Waals surface area contributed by atoms with Crippen LogP contribution in [0.2, 0.25) is 0 Å². The zero-order valence-electron chi connectivity index (χ0n) is 16.4. The van der Waals surface area contributed by atoms with Crippen LogP contribution in [0.15, 0.2) is 69.9 Å². The summed E-state index contributed by atoms with van der Waals surface area (Å²) in [6, 6.07) is 14.4. The third-order valence-corrected chi connectivity index (χ3v) is 5.11. The molecule has 0 radical (unpaired) electrons. The molecule has 0 saturated heterocycles. The van der Waals surface area contributed by atoms with Gasteiger partial charge in [0.15, 0.2) is 0 Å². The number of aryl methyl sites for hydroxylation is 1. The molecule has 0 aliphatic carbocycles. The van der Waals surface area contributed by atoms with Gasteiger partial charge in [-0.1, -0.05) is 53.2 Å². The van der Waals surface area contributed by atoms with Crippen molar-refractivity contribution in [3.8, 4) is 0 Å². The van der Waals surface area contributed by atoms with Gasteiger partial charge < -0.3 is 4.84 Å². The summed E-state index contributed by atoms with van der Waals surface area (Å²) in [5.41, 5.74) is -0.124. The first-order valence-corrected chi connectivity index (χ1v) is 9.95. The summed E-state index contributed by atoms with van der Waals surface area (Å²) >= 11 is 0. The summed E-state index contributed by atoms with van der Waals surface area (Å²) in [4.78, 5) is 27.3. The van der Waals surface area contributed by atoms with Crippen molar-refractivity contribution >= 4 is 21.8 Å². The van der Waals surface area contributed by atoms with Gasteiger partial charge in [-0.25, -0.2) is 4.79 Å². The molecule has 0 aromatic heterocycles. The van der Waals surface area contributed by atoms with E-state index < -0.39 is 21.6 Å². The van der Waals surface area contributed by atoms with Crippen molar-refractivity contribution in [3.63, 3.8) is 0 Å². The van der Waals surface area contributed by atoms with Crippen LogP contribution in [0.5, 0.6) is 0 Å². The number of nitroso groups, excluding NO2 is 1. The zero-order valence-corrected chi connectivity index (χ0v) is 17.2. The lowest BCUT2D eigenvalue weighted by Crippen LogP contribution is -2.48. The zero-order chi connectivity index (χ0) is 21.7. The Balaban J connectivity index is 2.44. The molecular weight excluding hydrogens is 398 g/mol. The Morgan fingerprint density at radius 1 is 1.03 bits per heavy atom. The van der Waals surface area contributed by atoms with E-state index in [0.717, 1.165) is 12.5 Å². The number of oxime groups is 1. The van der Waals surface area contributed by atoms with Crippen molar-refractivity contribution < 1.29 is 22.3 Å². The smallest absolute Gasteiger partial charge is 0.318 e. The van der Waals surface area contributed by atoms with Gasteiger partial charge in [-0.05, 0) is 32.9 Å². The summed E-state index contributed by atoms with van der Waals surface area (Å²) in [5, 5.41) is 6.89. The second-order valence-corrected chi connectivity index (χ2v) is 8.17. The SMILES string of the molecule is CC(=O)O/N=C(\c1ccccc1)C(C)(C)N(N=O)OS(=O)(=O)c1ccc(C)cc1. The van der Waals surface area contributed by atoms with Crippen LogP contribution in [0.3, 0.4) is 0 Å². The third kappa shape index (κ3) is 5.46. The van der Waals surface area contributed by atoms with E-state index in [4.69, 9.17) is 9.12 Å². The van der Waals surface area contributed by atoms with Crippen LogP contribution in [-0.4, -0.2) is 30.8 Å². The number of nitrogens with zero attached hydrogens (tertiary/aromatic N) is 3. The van der Waals surface area contributed by atoms with Gasteiger partial charge in [-0.15, -0.1) is 14.4 Å². The molecule has 10 heteroatoms. The van der Waals surface area contributed by atoms with Gasteiger partial charge in [0.05, 0.1) is 10.2 Å². The highest BCUT2D eigenvalue weighted by Gasteiger charge is 2.39. The minimum atomic E-state index is -4.35. The fourth-order valence-electron chi connectivity index (χ4n) is 2.36. The molecule has 0 heterocycles. The van der Waals surface area contributed by atoms with E-state index in [1.54, 1.807) is 49.4 Å². The molecule has 2 rings (SSSR count). The van der Waals surface area contributed by atoms with Crippen LogP contribution < -0.4 is 0 Å². The molecule has 9 nitrogen and oxygen atoms in total. The monoisotopic (exact) mass is 419 g/mol.